The van der Waals surface area contributed by atoms with Gasteiger partial charge in [-0.15, -0.1) is 0 Å². The molecule has 5 nitrogen and oxygen atoms in total. The van der Waals surface area contributed by atoms with Crippen molar-refractivity contribution in [3.8, 4) is 11.5 Å². The Bertz CT molecular complexity index is 598. The quantitative estimate of drug-likeness (QED) is 0.921. The van der Waals surface area contributed by atoms with Gasteiger partial charge in [0.2, 0.25) is 0 Å². The van der Waals surface area contributed by atoms with Crippen LogP contribution in [-0.2, 0) is 6.54 Å². The van der Waals surface area contributed by atoms with Gasteiger partial charge in [0.25, 0.3) is 0 Å². The van der Waals surface area contributed by atoms with Crippen LogP contribution >= 0.6 is 11.6 Å². The molecule has 0 aliphatic rings. The van der Waals surface area contributed by atoms with E-state index in [-0.39, 0.29) is 0 Å². The van der Waals surface area contributed by atoms with Crippen LogP contribution in [0.25, 0.3) is 0 Å². The summed E-state index contributed by atoms with van der Waals surface area (Å²) in [7, 11) is 3.05. The second kappa shape index (κ2) is 6.15. The zero-order valence-electron chi connectivity index (χ0n) is 11.6. The molecule has 1 aromatic heterocycles. The van der Waals surface area contributed by atoms with Crippen molar-refractivity contribution in [2.45, 2.75) is 19.6 Å². The number of methoxy groups -OCH3 is 2. The third-order valence-electron chi connectivity index (χ3n) is 3.10. The third-order valence-corrected chi connectivity index (χ3v) is 3.49. The first kappa shape index (κ1) is 14.7. The van der Waals surface area contributed by atoms with E-state index in [0.29, 0.717) is 27.6 Å². The molecule has 1 heterocycles. The number of hydrogen-bond acceptors (Lipinski definition) is 4. The number of halogens is 1. The predicted molar refractivity (Wildman–Crippen MR) is 76.5 cm³/mol. The molecule has 0 fully saturated rings. The molecule has 0 spiro atoms. The van der Waals surface area contributed by atoms with Gasteiger partial charge in [0, 0.05) is 23.9 Å². The van der Waals surface area contributed by atoms with Gasteiger partial charge in [0.1, 0.15) is 6.10 Å². The highest BCUT2D eigenvalue weighted by atomic mass is 35.5. The minimum Gasteiger partial charge on any atom is -0.493 e. The maximum absolute atomic E-state index is 10.4. The van der Waals surface area contributed by atoms with Crippen LogP contribution in [0.1, 0.15) is 24.2 Å². The predicted octanol–water partition coefficient (Wildman–Crippen LogP) is 2.66. The minimum absolute atomic E-state index is 0.337. The monoisotopic (exact) mass is 296 g/mol. The van der Waals surface area contributed by atoms with E-state index < -0.39 is 6.10 Å². The number of aliphatic hydroxyl groups is 1. The second-order valence-electron chi connectivity index (χ2n) is 4.24. The first-order valence-corrected chi connectivity index (χ1v) is 6.61. The molecule has 0 saturated carbocycles. The van der Waals surface area contributed by atoms with Crippen LogP contribution in [0.2, 0.25) is 5.02 Å². The Morgan fingerprint density at radius 1 is 1.35 bits per heavy atom. The first-order valence-electron chi connectivity index (χ1n) is 6.23. The van der Waals surface area contributed by atoms with E-state index in [1.165, 1.54) is 14.2 Å². The van der Waals surface area contributed by atoms with E-state index in [1.807, 2.05) is 6.92 Å². The molecule has 0 saturated heterocycles. The largest absolute Gasteiger partial charge is 0.493 e. The molecule has 1 atom stereocenters. The highest BCUT2D eigenvalue weighted by molar-refractivity contribution is 6.33. The standard InChI is InChI=1S/C14H17ClN2O3/c1-4-17-8-9(7-16-17)13(18)10-5-6-11(19-2)14(20-3)12(10)15/h5-8,13,18H,4H2,1-3H3. The summed E-state index contributed by atoms with van der Waals surface area (Å²) in [5.41, 5.74) is 1.24. The Kier molecular flexibility index (Phi) is 4.52. The lowest BCUT2D eigenvalue weighted by Gasteiger charge is -2.15. The second-order valence-corrected chi connectivity index (χ2v) is 4.61. The smallest absolute Gasteiger partial charge is 0.179 e. The van der Waals surface area contributed by atoms with Crippen molar-refractivity contribution < 1.29 is 14.6 Å². The zero-order chi connectivity index (χ0) is 14.7. The molecule has 2 aromatic rings. The van der Waals surface area contributed by atoms with Crippen LogP contribution < -0.4 is 9.47 Å². The Morgan fingerprint density at radius 2 is 2.10 bits per heavy atom. The van der Waals surface area contributed by atoms with Crippen LogP contribution in [0.3, 0.4) is 0 Å². The van der Waals surface area contributed by atoms with Crippen LogP contribution in [0.15, 0.2) is 24.5 Å². The Morgan fingerprint density at radius 3 is 2.65 bits per heavy atom. The van der Waals surface area contributed by atoms with Gasteiger partial charge in [-0.05, 0) is 13.0 Å². The molecule has 1 unspecified atom stereocenters. The minimum atomic E-state index is -0.859. The molecule has 0 aliphatic heterocycles. The molecule has 0 amide bonds. The van der Waals surface area contributed by atoms with Gasteiger partial charge in [0.05, 0.1) is 25.4 Å². The molecule has 6 heteroatoms. The molecule has 20 heavy (non-hydrogen) atoms. The van der Waals surface area contributed by atoms with Crippen LogP contribution in [0.4, 0.5) is 0 Å². The van der Waals surface area contributed by atoms with Crippen molar-refractivity contribution in [3.63, 3.8) is 0 Å². The third kappa shape index (κ3) is 2.59. The molecular weight excluding hydrogens is 280 g/mol. The summed E-state index contributed by atoms with van der Waals surface area (Å²) >= 11 is 6.29. The summed E-state index contributed by atoms with van der Waals surface area (Å²) in [6.45, 7) is 2.72. The van der Waals surface area contributed by atoms with Crippen molar-refractivity contribution >= 4 is 11.6 Å². The van der Waals surface area contributed by atoms with Crippen molar-refractivity contribution in [1.29, 1.82) is 0 Å². The maximum Gasteiger partial charge on any atom is 0.179 e. The lowest BCUT2D eigenvalue weighted by molar-refractivity contribution is 0.219. The number of ether oxygens (including phenoxy) is 2. The summed E-state index contributed by atoms with van der Waals surface area (Å²) in [5.74, 6) is 0.936. The molecule has 2 rings (SSSR count). The average molecular weight is 297 g/mol. The first-order chi connectivity index (χ1) is 9.62. The number of aromatic nitrogens is 2. The van der Waals surface area contributed by atoms with E-state index in [0.717, 1.165) is 6.54 Å². The van der Waals surface area contributed by atoms with Gasteiger partial charge in [-0.2, -0.15) is 5.10 Å². The van der Waals surface area contributed by atoms with Crippen molar-refractivity contribution in [3.05, 3.63) is 40.7 Å². The fraction of sp³-hybridized carbons (Fsp3) is 0.357. The molecule has 108 valence electrons. The van der Waals surface area contributed by atoms with E-state index in [4.69, 9.17) is 21.1 Å². The van der Waals surface area contributed by atoms with E-state index >= 15 is 0 Å². The average Bonchev–Trinajstić information content (AvgIpc) is 2.95. The number of nitrogens with zero attached hydrogens (tertiary/aromatic N) is 2. The lowest BCUT2D eigenvalue weighted by Crippen LogP contribution is -2.02. The molecule has 0 aliphatic carbocycles. The molecule has 0 bridgehead atoms. The summed E-state index contributed by atoms with van der Waals surface area (Å²) in [5, 5.41) is 14.9. The number of aliphatic hydroxyl groups excluding tert-OH is 1. The fourth-order valence-electron chi connectivity index (χ4n) is 1.99. The maximum atomic E-state index is 10.4. The Balaban J connectivity index is 2.41. The fourth-order valence-corrected chi connectivity index (χ4v) is 2.33. The van der Waals surface area contributed by atoms with Crippen molar-refractivity contribution in [2.24, 2.45) is 0 Å². The normalized spacial score (nSPS) is 12.2. The Hall–Kier alpha value is -1.72. The van der Waals surface area contributed by atoms with Gasteiger partial charge in [-0.1, -0.05) is 17.7 Å². The summed E-state index contributed by atoms with van der Waals surface area (Å²) in [4.78, 5) is 0. The molecule has 1 N–H and O–H groups in total. The van der Waals surface area contributed by atoms with Gasteiger partial charge < -0.3 is 14.6 Å². The highest BCUT2D eigenvalue weighted by Gasteiger charge is 2.20. The van der Waals surface area contributed by atoms with Crippen LogP contribution in [-0.4, -0.2) is 29.1 Å². The molecule has 0 radical (unpaired) electrons. The number of aryl methyl sites for hydroxylation is 1. The SMILES string of the molecule is CCn1cc(C(O)c2ccc(OC)c(OC)c2Cl)cn1. The lowest BCUT2D eigenvalue weighted by atomic mass is 10.0. The summed E-state index contributed by atoms with van der Waals surface area (Å²) in [6.07, 6.45) is 2.56. The van der Waals surface area contributed by atoms with Crippen LogP contribution in [0.5, 0.6) is 11.5 Å². The van der Waals surface area contributed by atoms with Gasteiger partial charge in [0.15, 0.2) is 11.5 Å². The number of benzene rings is 1. The number of hydrogen-bond donors (Lipinski definition) is 1. The zero-order valence-corrected chi connectivity index (χ0v) is 12.4. The van der Waals surface area contributed by atoms with E-state index in [1.54, 1.807) is 29.2 Å². The number of rotatable bonds is 5. The summed E-state index contributed by atoms with van der Waals surface area (Å²) in [6, 6.07) is 3.44. The highest BCUT2D eigenvalue weighted by Crippen LogP contribution is 2.40. The van der Waals surface area contributed by atoms with E-state index in [2.05, 4.69) is 5.10 Å². The molecule has 1 aromatic carbocycles. The van der Waals surface area contributed by atoms with Gasteiger partial charge in [-0.25, -0.2) is 0 Å². The topological polar surface area (TPSA) is 56.5 Å². The van der Waals surface area contributed by atoms with Gasteiger partial charge >= 0.3 is 0 Å². The van der Waals surface area contributed by atoms with Crippen LogP contribution in [0, 0.1) is 0 Å². The van der Waals surface area contributed by atoms with E-state index in [9.17, 15) is 5.11 Å². The van der Waals surface area contributed by atoms with Gasteiger partial charge in [-0.3, -0.25) is 4.68 Å². The Labute approximate surface area is 122 Å². The summed E-state index contributed by atoms with van der Waals surface area (Å²) < 4.78 is 12.1. The van der Waals surface area contributed by atoms with Crippen molar-refractivity contribution in [1.82, 2.24) is 9.78 Å². The van der Waals surface area contributed by atoms with Crippen molar-refractivity contribution in [2.75, 3.05) is 14.2 Å². The molecular formula is C14H17ClN2O3.